The standard InChI is InChI=1S/C14H14ClN3O3/c1-20-10-4-3-9(5-11(10)21-2)6-14(19)18-13-8-16-7-12(15)17-13/h3-5,7-8H,6H2,1-2H3,(H,17,18,19). The van der Waals surface area contributed by atoms with E-state index in [2.05, 4.69) is 15.3 Å². The Bertz CT molecular complexity index is 649. The number of amides is 1. The lowest BCUT2D eigenvalue weighted by Crippen LogP contribution is -2.15. The summed E-state index contributed by atoms with van der Waals surface area (Å²) in [5, 5.41) is 2.85. The van der Waals surface area contributed by atoms with Crippen LogP contribution in [0.2, 0.25) is 5.15 Å². The van der Waals surface area contributed by atoms with Crippen LogP contribution >= 0.6 is 11.6 Å². The third kappa shape index (κ3) is 4.06. The number of hydrogen-bond donors (Lipinski definition) is 1. The van der Waals surface area contributed by atoms with Crippen LogP contribution in [-0.4, -0.2) is 30.1 Å². The van der Waals surface area contributed by atoms with Crippen molar-refractivity contribution in [3.63, 3.8) is 0 Å². The number of rotatable bonds is 5. The first-order valence-electron chi connectivity index (χ1n) is 6.10. The van der Waals surface area contributed by atoms with E-state index in [4.69, 9.17) is 21.1 Å². The van der Waals surface area contributed by atoms with E-state index in [1.54, 1.807) is 32.4 Å². The van der Waals surface area contributed by atoms with E-state index in [1.165, 1.54) is 12.4 Å². The lowest BCUT2D eigenvalue weighted by atomic mass is 10.1. The van der Waals surface area contributed by atoms with Gasteiger partial charge in [-0.15, -0.1) is 0 Å². The number of carbonyl (C=O) groups excluding carboxylic acids is 1. The van der Waals surface area contributed by atoms with Gasteiger partial charge in [-0.1, -0.05) is 17.7 Å². The molecule has 0 saturated carbocycles. The van der Waals surface area contributed by atoms with E-state index in [9.17, 15) is 4.79 Å². The van der Waals surface area contributed by atoms with Gasteiger partial charge in [-0.2, -0.15) is 0 Å². The van der Waals surface area contributed by atoms with Crippen LogP contribution in [0.4, 0.5) is 5.82 Å². The first-order chi connectivity index (χ1) is 10.1. The summed E-state index contributed by atoms with van der Waals surface area (Å²) >= 11 is 5.71. The quantitative estimate of drug-likeness (QED) is 0.917. The minimum atomic E-state index is -0.223. The molecular weight excluding hydrogens is 294 g/mol. The number of nitrogens with zero attached hydrogens (tertiary/aromatic N) is 2. The zero-order chi connectivity index (χ0) is 15.2. The molecule has 0 atom stereocenters. The van der Waals surface area contributed by atoms with Gasteiger partial charge in [-0.3, -0.25) is 9.78 Å². The SMILES string of the molecule is COc1ccc(CC(=O)Nc2cncc(Cl)n2)cc1OC. The molecule has 0 aliphatic heterocycles. The molecule has 0 radical (unpaired) electrons. The molecule has 6 nitrogen and oxygen atoms in total. The first-order valence-corrected chi connectivity index (χ1v) is 6.48. The summed E-state index contributed by atoms with van der Waals surface area (Å²) in [6, 6.07) is 5.30. The third-order valence-electron chi connectivity index (χ3n) is 2.69. The average Bonchev–Trinajstić information content (AvgIpc) is 2.47. The van der Waals surface area contributed by atoms with Crippen molar-refractivity contribution < 1.29 is 14.3 Å². The van der Waals surface area contributed by atoms with Gasteiger partial charge < -0.3 is 14.8 Å². The van der Waals surface area contributed by atoms with E-state index in [0.717, 1.165) is 5.56 Å². The zero-order valence-electron chi connectivity index (χ0n) is 11.6. The smallest absolute Gasteiger partial charge is 0.229 e. The molecule has 1 aromatic heterocycles. The Hall–Kier alpha value is -2.34. The van der Waals surface area contributed by atoms with Gasteiger partial charge >= 0.3 is 0 Å². The molecule has 21 heavy (non-hydrogen) atoms. The summed E-state index contributed by atoms with van der Waals surface area (Å²) in [5.74, 6) is 1.28. The van der Waals surface area contributed by atoms with Gasteiger partial charge in [0.15, 0.2) is 17.3 Å². The predicted octanol–water partition coefficient (Wildman–Crippen LogP) is 2.33. The van der Waals surface area contributed by atoms with Crippen molar-refractivity contribution in [3.8, 4) is 11.5 Å². The van der Waals surface area contributed by atoms with Crippen LogP contribution in [-0.2, 0) is 11.2 Å². The largest absolute Gasteiger partial charge is 0.493 e. The van der Waals surface area contributed by atoms with E-state index in [-0.39, 0.29) is 17.5 Å². The molecule has 110 valence electrons. The molecule has 0 aliphatic carbocycles. The van der Waals surface area contributed by atoms with Gasteiger partial charge in [0, 0.05) is 0 Å². The molecule has 2 rings (SSSR count). The molecule has 0 bridgehead atoms. The summed E-state index contributed by atoms with van der Waals surface area (Å²) in [4.78, 5) is 19.7. The Morgan fingerprint density at radius 3 is 2.67 bits per heavy atom. The second kappa shape index (κ2) is 6.90. The number of aromatic nitrogens is 2. The van der Waals surface area contributed by atoms with Gasteiger partial charge in [-0.05, 0) is 17.7 Å². The number of benzene rings is 1. The van der Waals surface area contributed by atoms with Gasteiger partial charge in [0.2, 0.25) is 5.91 Å². The molecule has 0 unspecified atom stereocenters. The van der Waals surface area contributed by atoms with E-state index in [0.29, 0.717) is 17.3 Å². The Labute approximate surface area is 127 Å². The molecule has 0 saturated heterocycles. The molecule has 2 aromatic rings. The molecule has 0 aliphatic rings. The highest BCUT2D eigenvalue weighted by Crippen LogP contribution is 2.27. The summed E-state index contributed by atoms with van der Waals surface area (Å²) in [6.45, 7) is 0. The van der Waals surface area contributed by atoms with Crippen LogP contribution in [0.1, 0.15) is 5.56 Å². The van der Waals surface area contributed by atoms with E-state index >= 15 is 0 Å². The minimum absolute atomic E-state index is 0.175. The van der Waals surface area contributed by atoms with Gasteiger partial charge in [-0.25, -0.2) is 4.98 Å². The van der Waals surface area contributed by atoms with Crippen LogP contribution in [0.15, 0.2) is 30.6 Å². The van der Waals surface area contributed by atoms with Crippen LogP contribution in [0, 0.1) is 0 Å². The topological polar surface area (TPSA) is 73.3 Å². The number of methoxy groups -OCH3 is 2. The maximum Gasteiger partial charge on any atom is 0.229 e. The first kappa shape index (κ1) is 15.1. The lowest BCUT2D eigenvalue weighted by molar-refractivity contribution is -0.115. The number of ether oxygens (including phenoxy) is 2. The average molecular weight is 308 g/mol. The highest BCUT2D eigenvalue weighted by Gasteiger charge is 2.09. The number of nitrogens with one attached hydrogen (secondary N) is 1. The van der Waals surface area contributed by atoms with E-state index < -0.39 is 0 Å². The molecule has 1 amide bonds. The van der Waals surface area contributed by atoms with Crippen LogP contribution in [0.25, 0.3) is 0 Å². The molecular formula is C14H14ClN3O3. The van der Waals surface area contributed by atoms with Crippen molar-refractivity contribution in [2.45, 2.75) is 6.42 Å². The molecule has 1 N–H and O–H groups in total. The molecule has 0 fully saturated rings. The third-order valence-corrected chi connectivity index (χ3v) is 2.87. The number of anilines is 1. The van der Waals surface area contributed by atoms with Gasteiger partial charge in [0.1, 0.15) is 5.15 Å². The van der Waals surface area contributed by atoms with Crippen LogP contribution in [0.5, 0.6) is 11.5 Å². The van der Waals surface area contributed by atoms with Crippen LogP contribution < -0.4 is 14.8 Å². The summed E-state index contributed by atoms with van der Waals surface area (Å²) in [7, 11) is 3.10. The molecule has 1 aromatic carbocycles. The Morgan fingerprint density at radius 2 is 2.00 bits per heavy atom. The van der Waals surface area contributed by atoms with Crippen molar-refractivity contribution in [2.24, 2.45) is 0 Å². The minimum Gasteiger partial charge on any atom is -0.493 e. The van der Waals surface area contributed by atoms with E-state index in [1.807, 2.05) is 0 Å². The number of carbonyl (C=O) groups is 1. The Balaban J connectivity index is 2.06. The maximum absolute atomic E-state index is 12.0. The van der Waals surface area contributed by atoms with Crippen molar-refractivity contribution in [3.05, 3.63) is 41.3 Å². The predicted molar refractivity (Wildman–Crippen MR) is 78.9 cm³/mol. The fraction of sp³-hybridized carbons (Fsp3) is 0.214. The van der Waals surface area contributed by atoms with Gasteiger partial charge in [0.05, 0.1) is 33.0 Å². The zero-order valence-corrected chi connectivity index (χ0v) is 12.3. The monoisotopic (exact) mass is 307 g/mol. The summed E-state index contributed by atoms with van der Waals surface area (Å²) in [6.07, 6.45) is 3.00. The fourth-order valence-electron chi connectivity index (χ4n) is 1.77. The second-order valence-electron chi connectivity index (χ2n) is 4.14. The highest BCUT2D eigenvalue weighted by atomic mass is 35.5. The summed E-state index contributed by atoms with van der Waals surface area (Å²) < 4.78 is 10.3. The molecule has 0 spiro atoms. The van der Waals surface area contributed by atoms with Crippen molar-refractivity contribution in [1.29, 1.82) is 0 Å². The van der Waals surface area contributed by atoms with Crippen molar-refractivity contribution in [2.75, 3.05) is 19.5 Å². The molecule has 7 heteroatoms. The number of hydrogen-bond acceptors (Lipinski definition) is 5. The van der Waals surface area contributed by atoms with Crippen molar-refractivity contribution >= 4 is 23.3 Å². The Kier molecular flexibility index (Phi) is 4.94. The van der Waals surface area contributed by atoms with Crippen molar-refractivity contribution in [1.82, 2.24) is 9.97 Å². The maximum atomic E-state index is 12.0. The normalized spacial score (nSPS) is 10.0. The lowest BCUT2D eigenvalue weighted by Gasteiger charge is -2.09. The summed E-state index contributed by atoms with van der Waals surface area (Å²) in [5.41, 5.74) is 0.792. The number of halogens is 1. The Morgan fingerprint density at radius 1 is 1.24 bits per heavy atom. The highest BCUT2D eigenvalue weighted by molar-refractivity contribution is 6.29. The van der Waals surface area contributed by atoms with Gasteiger partial charge in [0.25, 0.3) is 0 Å². The second-order valence-corrected chi connectivity index (χ2v) is 4.53. The molecule has 1 heterocycles. The fourth-order valence-corrected chi connectivity index (χ4v) is 1.91. The van der Waals surface area contributed by atoms with Crippen LogP contribution in [0.3, 0.4) is 0 Å².